The molecule has 92 valence electrons. The fourth-order valence-corrected chi connectivity index (χ4v) is 1.21. The minimum Gasteiger partial charge on any atom is -0.300 e. The van der Waals surface area contributed by atoms with E-state index in [0.29, 0.717) is 0 Å². The maximum Gasteiger partial charge on any atom is 2.00 e. The van der Waals surface area contributed by atoms with E-state index in [1.165, 1.54) is 39.5 Å². The number of carbonyl (C=O) groups is 2. The van der Waals surface area contributed by atoms with E-state index in [2.05, 4.69) is 25.7 Å². The summed E-state index contributed by atoms with van der Waals surface area (Å²) in [5, 5.41) is 0. The van der Waals surface area contributed by atoms with Gasteiger partial charge in [-0.2, -0.15) is 0 Å². The van der Waals surface area contributed by atoms with Crippen LogP contribution in [0, 0.1) is 25.7 Å². The van der Waals surface area contributed by atoms with Gasteiger partial charge in [-0.3, -0.25) is 9.59 Å². The van der Waals surface area contributed by atoms with Gasteiger partial charge >= 0.3 is 20.4 Å². The summed E-state index contributed by atoms with van der Waals surface area (Å²) in [4.78, 5) is 20.1. The Bertz CT molecular complexity index is 154. The van der Waals surface area contributed by atoms with Crippen LogP contribution < -0.4 is 0 Å². The van der Waals surface area contributed by atoms with Gasteiger partial charge in [0.15, 0.2) is 0 Å². The van der Waals surface area contributed by atoms with Gasteiger partial charge in [0.1, 0.15) is 11.6 Å². The molecule has 4 radical (unpaired) electrons. The van der Waals surface area contributed by atoms with Gasteiger partial charge in [-0.05, 0) is 65.2 Å². The number of ketones is 2. The first-order chi connectivity index (χ1) is 7.13. The van der Waals surface area contributed by atoms with E-state index in [9.17, 15) is 9.59 Å². The number of hydrogen-bond acceptors (Lipinski definition) is 2. The largest absolute Gasteiger partial charge is 2.00 e. The van der Waals surface area contributed by atoms with Crippen LogP contribution in [0.1, 0.15) is 46.0 Å². The molecule has 0 bridgehead atoms. The van der Waals surface area contributed by atoms with E-state index in [4.69, 9.17) is 0 Å². The number of carbonyl (C=O) groups excluding carboxylic acids is 2. The van der Waals surface area contributed by atoms with Crippen molar-refractivity contribution in [3.63, 3.8) is 0 Å². The summed E-state index contributed by atoms with van der Waals surface area (Å²) in [6.07, 6.45) is 14.1. The van der Waals surface area contributed by atoms with Crippen molar-refractivity contribution >= 4 is 11.6 Å². The first-order valence-electron chi connectivity index (χ1n) is 5.42. The van der Waals surface area contributed by atoms with E-state index >= 15 is 0 Å². The maximum atomic E-state index is 10.0. The molecule has 0 saturated heterocycles. The second-order valence-electron chi connectivity index (χ2n) is 3.68. The molecule has 0 aromatic carbocycles. The van der Waals surface area contributed by atoms with E-state index in [1.807, 2.05) is 0 Å². The van der Waals surface area contributed by atoms with Gasteiger partial charge in [-0.25, -0.2) is 0 Å². The molecule has 0 heterocycles. The van der Waals surface area contributed by atoms with Gasteiger partial charge in [-0.1, -0.05) is 0 Å². The Kier molecular flexibility index (Phi) is 15.0. The first-order valence-corrected chi connectivity index (χ1v) is 5.42. The molecule has 16 heavy (non-hydrogen) atoms. The van der Waals surface area contributed by atoms with E-state index in [0.717, 1.165) is 0 Å². The average molecular weight is 315 g/mol. The van der Waals surface area contributed by atoms with Gasteiger partial charge in [0.2, 0.25) is 0 Å². The minimum absolute atomic E-state index is 0. The van der Waals surface area contributed by atoms with Crippen LogP contribution in [0.25, 0.3) is 0 Å². The monoisotopic (exact) mass is 314 g/mol. The van der Waals surface area contributed by atoms with Crippen LogP contribution in [0.3, 0.4) is 0 Å². The molecule has 1 aliphatic carbocycles. The Morgan fingerprint density at radius 1 is 0.812 bits per heavy atom. The molecule has 1 rings (SSSR count). The van der Waals surface area contributed by atoms with Crippen LogP contribution in [0.2, 0.25) is 0 Å². The molecule has 0 unspecified atom stereocenters. The van der Waals surface area contributed by atoms with E-state index < -0.39 is 0 Å². The molecular weight excluding hydrogens is 295 g/mol. The SMILES string of the molecule is CC(=O)CC(C)=O.[CH]1[CH]CC[CH][CH]CC1.[Pd+2]. The molecule has 0 N–H and O–H groups in total. The predicted octanol–water partition coefficient (Wildman–Crippen LogP) is 2.93. The van der Waals surface area contributed by atoms with Crippen LogP contribution in [0.5, 0.6) is 0 Å². The Balaban J connectivity index is 0. The molecule has 0 atom stereocenters. The zero-order valence-corrected chi connectivity index (χ0v) is 11.5. The van der Waals surface area contributed by atoms with Gasteiger partial charge in [0, 0.05) is 0 Å². The van der Waals surface area contributed by atoms with Crippen LogP contribution in [-0.4, -0.2) is 11.6 Å². The van der Waals surface area contributed by atoms with Crippen molar-refractivity contribution in [2.45, 2.75) is 46.0 Å². The maximum absolute atomic E-state index is 10.0. The smallest absolute Gasteiger partial charge is 0.300 e. The normalized spacial score (nSPS) is 15.6. The quantitative estimate of drug-likeness (QED) is 0.580. The summed E-state index contributed by atoms with van der Waals surface area (Å²) >= 11 is 0. The summed E-state index contributed by atoms with van der Waals surface area (Å²) in [7, 11) is 0. The fourth-order valence-electron chi connectivity index (χ4n) is 1.21. The summed E-state index contributed by atoms with van der Waals surface area (Å²) in [6.45, 7) is 2.81. The second-order valence-corrected chi connectivity index (χ2v) is 3.68. The molecule has 0 spiro atoms. The molecule has 0 amide bonds. The van der Waals surface area contributed by atoms with Crippen molar-refractivity contribution in [1.29, 1.82) is 0 Å². The molecule has 3 heteroatoms. The Hall–Kier alpha value is 0.00234. The Morgan fingerprint density at radius 2 is 1.06 bits per heavy atom. The predicted molar refractivity (Wildman–Crippen MR) is 61.6 cm³/mol. The van der Waals surface area contributed by atoms with Gasteiger partial charge in [-0.15, -0.1) is 0 Å². The van der Waals surface area contributed by atoms with E-state index in [-0.39, 0.29) is 38.4 Å². The second kappa shape index (κ2) is 13.1. The third-order valence-electron chi connectivity index (χ3n) is 1.83. The molecule has 0 aliphatic heterocycles. The van der Waals surface area contributed by atoms with Crippen LogP contribution in [0.15, 0.2) is 0 Å². The first kappa shape index (κ1) is 18.4. The van der Waals surface area contributed by atoms with Crippen molar-refractivity contribution in [3.8, 4) is 0 Å². The molecular formula is C13H20O2Pd+2. The zero-order chi connectivity index (χ0) is 11.5. The molecule has 1 fully saturated rings. The summed E-state index contributed by atoms with van der Waals surface area (Å²) in [5.41, 5.74) is 0. The van der Waals surface area contributed by atoms with Crippen LogP contribution in [-0.2, 0) is 30.0 Å². The third-order valence-corrected chi connectivity index (χ3v) is 1.83. The van der Waals surface area contributed by atoms with Crippen molar-refractivity contribution in [2.24, 2.45) is 0 Å². The van der Waals surface area contributed by atoms with Crippen molar-refractivity contribution in [2.75, 3.05) is 0 Å². The minimum atomic E-state index is -0.0625. The molecule has 1 saturated carbocycles. The van der Waals surface area contributed by atoms with Crippen LogP contribution in [0.4, 0.5) is 0 Å². The molecule has 1 aliphatic rings. The summed E-state index contributed by atoms with van der Waals surface area (Å²) in [6, 6.07) is 0. The number of rotatable bonds is 2. The average Bonchev–Trinajstić information content (AvgIpc) is 1.99. The third kappa shape index (κ3) is 16.4. The molecule has 2 nitrogen and oxygen atoms in total. The number of hydrogen-bond donors (Lipinski definition) is 0. The van der Waals surface area contributed by atoms with Crippen LogP contribution >= 0.6 is 0 Å². The standard InChI is InChI=1S/C8H12.C5H8O2.Pd/c1-2-4-6-8-7-5-3-1;1-4(6)3-5(2)7;/h1-2,7-8H,3-6H2;3H2,1-2H3;/q;;+2. The van der Waals surface area contributed by atoms with Gasteiger partial charge < -0.3 is 0 Å². The van der Waals surface area contributed by atoms with Gasteiger partial charge in [0.05, 0.1) is 6.42 Å². The van der Waals surface area contributed by atoms with Gasteiger partial charge in [0.25, 0.3) is 0 Å². The summed E-state index contributed by atoms with van der Waals surface area (Å²) < 4.78 is 0. The Labute approximate surface area is 113 Å². The Morgan fingerprint density at radius 3 is 1.19 bits per heavy atom. The fraction of sp³-hybridized carbons (Fsp3) is 0.538. The summed E-state index contributed by atoms with van der Waals surface area (Å²) in [5.74, 6) is -0.125. The zero-order valence-electron chi connectivity index (χ0n) is 9.98. The van der Waals surface area contributed by atoms with Crippen molar-refractivity contribution < 1.29 is 30.0 Å². The van der Waals surface area contributed by atoms with Crippen molar-refractivity contribution in [3.05, 3.63) is 25.7 Å². The molecule has 0 aromatic rings. The van der Waals surface area contributed by atoms with E-state index in [1.54, 1.807) is 0 Å². The number of Topliss-reactive ketones (excluding diaryl/α,β-unsaturated/α-hetero) is 2. The van der Waals surface area contributed by atoms with Crippen molar-refractivity contribution in [1.82, 2.24) is 0 Å². The molecule has 0 aromatic heterocycles. The topological polar surface area (TPSA) is 34.1 Å².